The summed E-state index contributed by atoms with van der Waals surface area (Å²) >= 11 is 3.26. The van der Waals surface area contributed by atoms with Crippen LogP contribution < -0.4 is 9.47 Å². The molecule has 0 saturated heterocycles. The minimum atomic E-state index is -0.539. The molecule has 0 saturated carbocycles. The van der Waals surface area contributed by atoms with Gasteiger partial charge in [-0.15, -0.1) is 0 Å². The van der Waals surface area contributed by atoms with Gasteiger partial charge < -0.3 is 9.47 Å². The van der Waals surface area contributed by atoms with E-state index in [4.69, 9.17) is 9.47 Å². The lowest BCUT2D eigenvalue weighted by atomic mass is 10.2. The number of halogens is 1. The van der Waals surface area contributed by atoms with E-state index in [-0.39, 0.29) is 11.4 Å². The molecule has 2 rings (SSSR count). The standard InChI is InChI=1S/C14H10BrNO5/c1-20-10-3-4-12(16(18)19)14(7-10)21-13-5-2-9(8-17)6-11(13)15/h2-8H,1H3. The second kappa shape index (κ2) is 6.36. The summed E-state index contributed by atoms with van der Waals surface area (Å²) < 4.78 is 11.1. The van der Waals surface area contributed by atoms with Crippen molar-refractivity contribution in [2.45, 2.75) is 0 Å². The fourth-order valence-corrected chi connectivity index (χ4v) is 2.12. The molecule has 21 heavy (non-hydrogen) atoms. The number of carbonyl (C=O) groups is 1. The van der Waals surface area contributed by atoms with Gasteiger partial charge in [-0.05, 0) is 40.2 Å². The first-order valence-electron chi connectivity index (χ1n) is 5.80. The third-order valence-corrected chi connectivity index (χ3v) is 3.30. The predicted molar refractivity (Wildman–Crippen MR) is 79.3 cm³/mol. The van der Waals surface area contributed by atoms with Crippen molar-refractivity contribution in [3.63, 3.8) is 0 Å². The van der Waals surface area contributed by atoms with E-state index in [2.05, 4.69) is 15.9 Å². The van der Waals surface area contributed by atoms with Gasteiger partial charge in [0, 0.05) is 17.7 Å². The Morgan fingerprint density at radius 1 is 1.19 bits per heavy atom. The maximum absolute atomic E-state index is 11.0. The Morgan fingerprint density at radius 3 is 2.52 bits per heavy atom. The number of benzene rings is 2. The first kappa shape index (κ1) is 15.0. The van der Waals surface area contributed by atoms with Crippen LogP contribution in [0.5, 0.6) is 17.2 Å². The van der Waals surface area contributed by atoms with Crippen LogP contribution in [0.2, 0.25) is 0 Å². The average Bonchev–Trinajstić information content (AvgIpc) is 2.48. The molecule has 2 aromatic rings. The Balaban J connectivity index is 2.42. The topological polar surface area (TPSA) is 78.7 Å². The molecule has 0 spiro atoms. The molecule has 0 heterocycles. The van der Waals surface area contributed by atoms with E-state index in [9.17, 15) is 14.9 Å². The van der Waals surface area contributed by atoms with Gasteiger partial charge in [-0.1, -0.05) is 0 Å². The van der Waals surface area contributed by atoms with E-state index in [0.717, 1.165) is 0 Å². The number of methoxy groups -OCH3 is 1. The van der Waals surface area contributed by atoms with Gasteiger partial charge in [0.15, 0.2) is 0 Å². The lowest BCUT2D eigenvalue weighted by Crippen LogP contribution is -1.95. The predicted octanol–water partition coefficient (Wildman–Crippen LogP) is 3.97. The lowest BCUT2D eigenvalue weighted by Gasteiger charge is -2.09. The number of nitro groups is 1. The number of nitro benzene ring substituents is 1. The molecule has 0 bridgehead atoms. The third-order valence-electron chi connectivity index (χ3n) is 2.68. The SMILES string of the molecule is COc1ccc([N+](=O)[O-])c(Oc2ccc(C=O)cc2Br)c1. The van der Waals surface area contributed by atoms with Crippen molar-refractivity contribution in [2.24, 2.45) is 0 Å². The first-order chi connectivity index (χ1) is 10.0. The van der Waals surface area contributed by atoms with Gasteiger partial charge in [0.2, 0.25) is 5.75 Å². The van der Waals surface area contributed by atoms with Gasteiger partial charge in [-0.25, -0.2) is 0 Å². The summed E-state index contributed by atoms with van der Waals surface area (Å²) in [6, 6.07) is 8.89. The van der Waals surface area contributed by atoms with Crippen LogP contribution in [0.3, 0.4) is 0 Å². The molecule has 0 aliphatic rings. The van der Waals surface area contributed by atoms with E-state index < -0.39 is 4.92 Å². The number of aldehydes is 1. The number of carbonyl (C=O) groups excluding carboxylic acids is 1. The fourth-order valence-electron chi connectivity index (χ4n) is 1.65. The molecular weight excluding hydrogens is 342 g/mol. The molecule has 0 N–H and O–H groups in total. The second-order valence-electron chi connectivity index (χ2n) is 4.00. The number of nitrogens with zero attached hydrogens (tertiary/aromatic N) is 1. The zero-order valence-electron chi connectivity index (χ0n) is 10.9. The quantitative estimate of drug-likeness (QED) is 0.462. The highest BCUT2D eigenvalue weighted by Crippen LogP contribution is 2.37. The molecule has 7 heteroatoms. The Hall–Kier alpha value is -2.41. The van der Waals surface area contributed by atoms with Crippen LogP contribution in [0.15, 0.2) is 40.9 Å². The summed E-state index contributed by atoms with van der Waals surface area (Å²) in [4.78, 5) is 21.2. The van der Waals surface area contributed by atoms with Crippen molar-refractivity contribution in [1.29, 1.82) is 0 Å². The minimum absolute atomic E-state index is 0.0545. The van der Waals surface area contributed by atoms with Gasteiger partial charge in [0.25, 0.3) is 0 Å². The highest BCUT2D eigenvalue weighted by atomic mass is 79.9. The van der Waals surface area contributed by atoms with Crippen LogP contribution in [-0.4, -0.2) is 18.3 Å². The van der Waals surface area contributed by atoms with Gasteiger partial charge in [-0.2, -0.15) is 0 Å². The summed E-state index contributed by atoms with van der Waals surface area (Å²) in [6.07, 6.45) is 0.697. The Bertz CT molecular complexity index is 702. The number of hydrogen-bond donors (Lipinski definition) is 0. The summed E-state index contributed by atoms with van der Waals surface area (Å²) in [6.45, 7) is 0. The Labute approximate surface area is 128 Å². The molecule has 6 nitrogen and oxygen atoms in total. The van der Waals surface area contributed by atoms with Gasteiger partial charge in [-0.3, -0.25) is 14.9 Å². The normalized spacial score (nSPS) is 10.0. The summed E-state index contributed by atoms with van der Waals surface area (Å²) in [5, 5.41) is 11.0. The highest BCUT2D eigenvalue weighted by molar-refractivity contribution is 9.10. The first-order valence-corrected chi connectivity index (χ1v) is 6.59. The summed E-state index contributed by atoms with van der Waals surface area (Å²) in [7, 11) is 1.46. The van der Waals surface area contributed by atoms with Crippen molar-refractivity contribution in [1.82, 2.24) is 0 Å². The zero-order chi connectivity index (χ0) is 15.4. The van der Waals surface area contributed by atoms with E-state index >= 15 is 0 Å². The van der Waals surface area contributed by atoms with Crippen molar-refractivity contribution in [3.8, 4) is 17.2 Å². The van der Waals surface area contributed by atoms with Crippen LogP contribution in [0.1, 0.15) is 10.4 Å². The smallest absolute Gasteiger partial charge is 0.311 e. The molecule has 2 aromatic carbocycles. The van der Waals surface area contributed by atoms with E-state index in [1.807, 2.05) is 0 Å². The third kappa shape index (κ3) is 3.38. The van der Waals surface area contributed by atoms with Gasteiger partial charge in [0.1, 0.15) is 17.8 Å². The number of rotatable bonds is 5. The molecule has 0 aromatic heterocycles. The van der Waals surface area contributed by atoms with Gasteiger partial charge in [0.05, 0.1) is 16.5 Å². The molecule has 0 aliphatic carbocycles. The van der Waals surface area contributed by atoms with Crippen molar-refractivity contribution in [2.75, 3.05) is 7.11 Å². The van der Waals surface area contributed by atoms with E-state index in [1.54, 1.807) is 18.2 Å². The highest BCUT2D eigenvalue weighted by Gasteiger charge is 2.18. The van der Waals surface area contributed by atoms with Gasteiger partial charge >= 0.3 is 5.69 Å². The molecular formula is C14H10BrNO5. The molecule has 108 valence electrons. The lowest BCUT2D eigenvalue weighted by molar-refractivity contribution is -0.385. The molecule has 0 aliphatic heterocycles. The molecule has 0 unspecified atom stereocenters. The molecule has 0 atom stereocenters. The molecule has 0 amide bonds. The van der Waals surface area contributed by atoms with Crippen LogP contribution in [0.4, 0.5) is 5.69 Å². The maximum Gasteiger partial charge on any atom is 0.311 e. The average molecular weight is 352 g/mol. The maximum atomic E-state index is 11.0. The monoisotopic (exact) mass is 351 g/mol. The molecule has 0 radical (unpaired) electrons. The van der Waals surface area contributed by atoms with Crippen molar-refractivity contribution in [3.05, 3.63) is 56.5 Å². The Kier molecular flexibility index (Phi) is 4.54. The van der Waals surface area contributed by atoms with Crippen LogP contribution >= 0.6 is 15.9 Å². The number of ether oxygens (including phenoxy) is 2. The summed E-state index contributed by atoms with van der Waals surface area (Å²) in [5.74, 6) is 0.854. The van der Waals surface area contributed by atoms with E-state index in [0.29, 0.717) is 27.8 Å². The number of hydrogen-bond acceptors (Lipinski definition) is 5. The van der Waals surface area contributed by atoms with Crippen molar-refractivity contribution >= 4 is 27.9 Å². The van der Waals surface area contributed by atoms with Crippen LogP contribution in [0.25, 0.3) is 0 Å². The minimum Gasteiger partial charge on any atom is -0.497 e. The van der Waals surface area contributed by atoms with Crippen LogP contribution in [0, 0.1) is 10.1 Å². The largest absolute Gasteiger partial charge is 0.497 e. The van der Waals surface area contributed by atoms with Crippen molar-refractivity contribution < 1.29 is 19.2 Å². The summed E-state index contributed by atoms with van der Waals surface area (Å²) in [5.41, 5.74) is 0.288. The van der Waals surface area contributed by atoms with E-state index in [1.165, 1.54) is 25.3 Å². The Morgan fingerprint density at radius 2 is 1.95 bits per heavy atom. The second-order valence-corrected chi connectivity index (χ2v) is 4.85. The fraction of sp³-hybridized carbons (Fsp3) is 0.0714. The zero-order valence-corrected chi connectivity index (χ0v) is 12.5. The van der Waals surface area contributed by atoms with Crippen LogP contribution in [-0.2, 0) is 0 Å². The molecule has 0 fully saturated rings.